The smallest absolute Gasteiger partial charge is 0.261 e. The number of halogens is 1. The van der Waals surface area contributed by atoms with Gasteiger partial charge in [0.1, 0.15) is 17.3 Å². The summed E-state index contributed by atoms with van der Waals surface area (Å²) in [6.45, 7) is -0.183. The molecule has 0 spiro atoms. The second-order valence-electron chi connectivity index (χ2n) is 7.79. The van der Waals surface area contributed by atoms with Gasteiger partial charge >= 0.3 is 0 Å². The van der Waals surface area contributed by atoms with E-state index >= 15 is 0 Å². The molecule has 0 bridgehead atoms. The lowest BCUT2D eigenvalue weighted by molar-refractivity contribution is -0.136. The van der Waals surface area contributed by atoms with Crippen LogP contribution >= 0.6 is 0 Å². The van der Waals surface area contributed by atoms with Crippen molar-refractivity contribution in [2.24, 2.45) is 0 Å². The van der Waals surface area contributed by atoms with Crippen molar-refractivity contribution < 1.29 is 31.5 Å². The first-order valence-electron chi connectivity index (χ1n) is 10.4. The molecule has 2 aromatic carbocycles. The fourth-order valence-corrected chi connectivity index (χ4v) is 5.53. The molecule has 0 radical (unpaired) electrons. The van der Waals surface area contributed by atoms with Crippen LogP contribution in [-0.4, -0.2) is 50.5 Å². The molecule has 0 saturated carbocycles. The van der Waals surface area contributed by atoms with Gasteiger partial charge in [-0.25, -0.2) is 12.8 Å². The number of amides is 1. The summed E-state index contributed by atoms with van der Waals surface area (Å²) in [5.41, 5.74) is 0.698. The number of rotatable bonds is 8. The average Bonchev–Trinajstić information content (AvgIpc) is 3.42. The van der Waals surface area contributed by atoms with Gasteiger partial charge in [-0.05, 0) is 55.0 Å². The molecule has 7 nitrogen and oxygen atoms in total. The monoisotopic (exact) mass is 473 g/mol. The third kappa shape index (κ3) is 5.54. The topological polar surface area (TPSA) is 86.1 Å². The zero-order valence-corrected chi connectivity index (χ0v) is 18.9. The Bertz CT molecular complexity index is 1220. The highest BCUT2D eigenvalue weighted by Crippen LogP contribution is 2.28. The lowest BCUT2D eigenvalue weighted by Crippen LogP contribution is -2.43. The number of hydrogen-bond donors (Lipinski definition) is 0. The van der Waals surface area contributed by atoms with E-state index in [-0.39, 0.29) is 36.4 Å². The van der Waals surface area contributed by atoms with Gasteiger partial charge in [-0.1, -0.05) is 12.1 Å². The summed E-state index contributed by atoms with van der Waals surface area (Å²) >= 11 is 0. The third-order valence-corrected chi connectivity index (χ3v) is 7.26. The fourth-order valence-electron chi connectivity index (χ4n) is 3.80. The standard InChI is InChI=1S/C24H24FNO6S/c1-30-22-4-2-3-5-23(22)31-15-24(27)26(19-12-13-33(28,29)16-19)14-20-10-11-21(32-20)17-6-8-18(25)9-7-17/h2-11,19H,12-16H2,1H3/t19-/m1/s1. The highest BCUT2D eigenvalue weighted by molar-refractivity contribution is 7.91. The van der Waals surface area contributed by atoms with Gasteiger partial charge in [-0.15, -0.1) is 0 Å². The van der Waals surface area contributed by atoms with Crippen molar-refractivity contribution in [3.05, 3.63) is 72.2 Å². The molecule has 0 aliphatic carbocycles. The first-order chi connectivity index (χ1) is 15.8. The molecule has 1 aliphatic rings. The van der Waals surface area contributed by atoms with E-state index < -0.39 is 15.9 Å². The van der Waals surface area contributed by atoms with Crippen LogP contribution in [0.4, 0.5) is 4.39 Å². The van der Waals surface area contributed by atoms with Crippen LogP contribution in [0.25, 0.3) is 11.3 Å². The number of carbonyl (C=O) groups excluding carboxylic acids is 1. The van der Waals surface area contributed by atoms with Crippen LogP contribution in [0.3, 0.4) is 0 Å². The molecule has 0 unspecified atom stereocenters. The molecule has 1 atom stereocenters. The summed E-state index contributed by atoms with van der Waals surface area (Å²) in [4.78, 5) is 14.6. The van der Waals surface area contributed by atoms with Crippen LogP contribution in [0.2, 0.25) is 0 Å². The summed E-state index contributed by atoms with van der Waals surface area (Å²) in [6.07, 6.45) is 0.355. The largest absolute Gasteiger partial charge is 0.493 e. The number of furan rings is 1. The first-order valence-corrected chi connectivity index (χ1v) is 12.3. The molecule has 4 rings (SSSR count). The lowest BCUT2D eigenvalue weighted by atomic mass is 10.2. The van der Waals surface area contributed by atoms with Gasteiger partial charge in [0.15, 0.2) is 27.9 Å². The molecule has 174 valence electrons. The molecule has 1 saturated heterocycles. The van der Waals surface area contributed by atoms with Crippen molar-refractivity contribution in [2.45, 2.75) is 19.0 Å². The molecule has 1 fully saturated rings. The third-order valence-electron chi connectivity index (χ3n) is 5.51. The summed E-state index contributed by atoms with van der Waals surface area (Å²) in [5.74, 6) is 1.17. The second-order valence-corrected chi connectivity index (χ2v) is 10.0. The molecule has 2 heterocycles. The van der Waals surface area contributed by atoms with E-state index in [1.165, 1.54) is 24.1 Å². The van der Waals surface area contributed by atoms with E-state index in [9.17, 15) is 17.6 Å². The van der Waals surface area contributed by atoms with Gasteiger partial charge in [0.05, 0.1) is 25.2 Å². The van der Waals surface area contributed by atoms with E-state index in [1.807, 2.05) is 0 Å². The van der Waals surface area contributed by atoms with Gasteiger partial charge in [-0.2, -0.15) is 0 Å². The summed E-state index contributed by atoms with van der Waals surface area (Å²) < 4.78 is 54.1. The van der Waals surface area contributed by atoms with Crippen molar-refractivity contribution in [1.82, 2.24) is 4.90 Å². The number of carbonyl (C=O) groups is 1. The highest BCUT2D eigenvalue weighted by Gasteiger charge is 2.35. The SMILES string of the molecule is COc1ccccc1OCC(=O)N(Cc1ccc(-c2ccc(F)cc2)o1)[C@@H]1CCS(=O)(=O)C1. The Hall–Kier alpha value is -3.33. The summed E-state index contributed by atoms with van der Waals surface area (Å²) in [6, 6.07) is 15.9. The number of ether oxygens (including phenoxy) is 2. The van der Waals surface area contributed by atoms with Crippen LogP contribution in [0.5, 0.6) is 11.5 Å². The van der Waals surface area contributed by atoms with E-state index in [2.05, 4.69) is 0 Å². The maximum absolute atomic E-state index is 13.2. The molecule has 9 heteroatoms. The molecule has 0 N–H and O–H groups in total. The molecule has 33 heavy (non-hydrogen) atoms. The Morgan fingerprint density at radius 3 is 2.48 bits per heavy atom. The van der Waals surface area contributed by atoms with E-state index in [1.54, 1.807) is 48.5 Å². The minimum atomic E-state index is -3.21. The Kier molecular flexibility index (Phi) is 6.69. The predicted octanol–water partition coefficient (Wildman–Crippen LogP) is 3.69. The van der Waals surface area contributed by atoms with E-state index in [0.717, 1.165) is 0 Å². The van der Waals surface area contributed by atoms with Gasteiger partial charge in [0.2, 0.25) is 0 Å². The normalized spacial score (nSPS) is 17.0. The minimum Gasteiger partial charge on any atom is -0.493 e. The zero-order chi connectivity index (χ0) is 23.4. The average molecular weight is 474 g/mol. The number of hydrogen-bond acceptors (Lipinski definition) is 6. The number of nitrogens with zero attached hydrogens (tertiary/aromatic N) is 1. The van der Waals surface area contributed by atoms with E-state index in [4.69, 9.17) is 13.9 Å². The second kappa shape index (κ2) is 9.66. The van der Waals surface area contributed by atoms with Gasteiger partial charge in [-0.3, -0.25) is 4.79 Å². The molecular formula is C24H24FNO6S. The van der Waals surface area contributed by atoms with Crippen LogP contribution in [0.15, 0.2) is 65.1 Å². The number of benzene rings is 2. The maximum atomic E-state index is 13.2. The minimum absolute atomic E-state index is 0.0355. The van der Waals surface area contributed by atoms with Crippen LogP contribution in [0, 0.1) is 5.82 Å². The molecule has 1 amide bonds. The van der Waals surface area contributed by atoms with Crippen molar-refractivity contribution >= 4 is 15.7 Å². The number of para-hydroxylation sites is 2. The molecule has 3 aromatic rings. The first kappa shape index (κ1) is 22.8. The molecule has 1 aliphatic heterocycles. The lowest BCUT2D eigenvalue weighted by Gasteiger charge is -2.27. The van der Waals surface area contributed by atoms with Crippen LogP contribution < -0.4 is 9.47 Å². The van der Waals surface area contributed by atoms with Crippen molar-refractivity contribution in [1.29, 1.82) is 0 Å². The van der Waals surface area contributed by atoms with E-state index in [0.29, 0.717) is 35.0 Å². The van der Waals surface area contributed by atoms with Crippen molar-refractivity contribution in [3.8, 4) is 22.8 Å². The summed E-state index contributed by atoms with van der Waals surface area (Å²) in [7, 11) is -1.70. The van der Waals surface area contributed by atoms with Crippen molar-refractivity contribution in [2.75, 3.05) is 25.2 Å². The highest BCUT2D eigenvalue weighted by atomic mass is 32.2. The number of methoxy groups -OCH3 is 1. The Labute approximate surface area is 191 Å². The fraction of sp³-hybridized carbons (Fsp3) is 0.292. The van der Waals surface area contributed by atoms with Crippen LogP contribution in [-0.2, 0) is 21.2 Å². The number of sulfone groups is 1. The maximum Gasteiger partial charge on any atom is 0.261 e. The van der Waals surface area contributed by atoms with Crippen LogP contribution in [0.1, 0.15) is 12.2 Å². The zero-order valence-electron chi connectivity index (χ0n) is 18.1. The summed E-state index contributed by atoms with van der Waals surface area (Å²) in [5, 5.41) is 0. The Morgan fingerprint density at radius 2 is 1.82 bits per heavy atom. The van der Waals surface area contributed by atoms with Gasteiger partial charge in [0, 0.05) is 11.6 Å². The van der Waals surface area contributed by atoms with Gasteiger partial charge in [0.25, 0.3) is 5.91 Å². The molecule has 1 aromatic heterocycles. The molecular weight excluding hydrogens is 449 g/mol. The Balaban J connectivity index is 1.51. The predicted molar refractivity (Wildman–Crippen MR) is 120 cm³/mol. The van der Waals surface area contributed by atoms with Gasteiger partial charge < -0.3 is 18.8 Å². The Morgan fingerprint density at radius 1 is 1.09 bits per heavy atom. The quantitative estimate of drug-likeness (QED) is 0.496. The van der Waals surface area contributed by atoms with Crippen molar-refractivity contribution in [3.63, 3.8) is 0 Å².